The van der Waals surface area contributed by atoms with Crippen molar-refractivity contribution in [2.75, 3.05) is 0 Å². The minimum Gasteiger partial charge on any atom is -0.363 e. The molecule has 1 rings (SSSR count). The minimum atomic E-state index is -0.335. The van der Waals surface area contributed by atoms with Gasteiger partial charge in [-0.25, -0.2) is 4.79 Å². The molecule has 0 aromatic rings. The van der Waals surface area contributed by atoms with Gasteiger partial charge in [0.1, 0.15) is 0 Å². The van der Waals surface area contributed by atoms with Crippen LogP contribution in [0.25, 0.3) is 0 Å². The van der Waals surface area contributed by atoms with E-state index in [-0.39, 0.29) is 17.0 Å². The Kier molecular flexibility index (Phi) is 2.97. The summed E-state index contributed by atoms with van der Waals surface area (Å²) < 4.78 is 0. The minimum absolute atomic E-state index is 0.0887. The van der Waals surface area contributed by atoms with Gasteiger partial charge >= 0.3 is 5.97 Å². The molecule has 3 heteroatoms. The Morgan fingerprint density at radius 1 is 1.20 bits per heavy atom. The largest absolute Gasteiger partial charge is 0.363 e. The predicted octanol–water partition coefficient (Wildman–Crippen LogP) is 2.67. The maximum Gasteiger partial charge on any atom is 0.352 e. The summed E-state index contributed by atoms with van der Waals surface area (Å²) in [6.45, 7) is 13.6. The lowest BCUT2D eigenvalue weighted by Crippen LogP contribution is -2.49. The Labute approximate surface area is 92.0 Å². The third-order valence-electron chi connectivity index (χ3n) is 2.97. The van der Waals surface area contributed by atoms with Crippen LogP contribution in [0, 0.1) is 0 Å². The predicted molar refractivity (Wildman–Crippen MR) is 60.1 cm³/mol. The SMILES string of the molecule is C=C(C)C(=O)ON1C(C)(C)CCC1(C)C. The third-order valence-corrected chi connectivity index (χ3v) is 2.97. The van der Waals surface area contributed by atoms with Crippen LogP contribution in [-0.2, 0) is 9.63 Å². The zero-order valence-electron chi connectivity index (χ0n) is 10.4. The van der Waals surface area contributed by atoms with Crippen LogP contribution in [0.4, 0.5) is 0 Å². The molecule has 1 aliphatic heterocycles. The smallest absolute Gasteiger partial charge is 0.352 e. The van der Waals surface area contributed by atoms with Gasteiger partial charge in [-0.3, -0.25) is 0 Å². The zero-order valence-corrected chi connectivity index (χ0v) is 10.4. The molecule has 0 aromatic carbocycles. The highest BCUT2D eigenvalue weighted by atomic mass is 16.7. The van der Waals surface area contributed by atoms with E-state index in [9.17, 15) is 4.79 Å². The summed E-state index contributed by atoms with van der Waals surface area (Å²) in [4.78, 5) is 16.9. The lowest BCUT2D eigenvalue weighted by atomic mass is 10.0. The van der Waals surface area contributed by atoms with Gasteiger partial charge in [0, 0.05) is 5.57 Å². The first kappa shape index (κ1) is 12.2. The Bertz CT molecular complexity index is 276. The van der Waals surface area contributed by atoms with Crippen molar-refractivity contribution in [1.29, 1.82) is 0 Å². The molecule has 0 atom stereocenters. The highest BCUT2D eigenvalue weighted by Crippen LogP contribution is 2.40. The fraction of sp³-hybridized carbons (Fsp3) is 0.750. The molecule has 86 valence electrons. The highest BCUT2D eigenvalue weighted by Gasteiger charge is 2.47. The summed E-state index contributed by atoms with van der Waals surface area (Å²) in [6, 6.07) is 0. The molecule has 0 aliphatic carbocycles. The molecule has 0 bridgehead atoms. The molecule has 0 saturated carbocycles. The summed E-state index contributed by atoms with van der Waals surface area (Å²) in [5.74, 6) is -0.335. The maximum absolute atomic E-state index is 11.5. The molecule has 0 amide bonds. The number of nitrogens with zero attached hydrogens (tertiary/aromatic N) is 1. The van der Waals surface area contributed by atoms with E-state index in [2.05, 4.69) is 34.3 Å². The first-order valence-electron chi connectivity index (χ1n) is 5.35. The molecule has 3 nitrogen and oxygen atoms in total. The van der Waals surface area contributed by atoms with Crippen LogP contribution in [0.3, 0.4) is 0 Å². The Morgan fingerprint density at radius 2 is 1.60 bits per heavy atom. The van der Waals surface area contributed by atoms with Crippen molar-refractivity contribution in [3.05, 3.63) is 12.2 Å². The van der Waals surface area contributed by atoms with E-state index < -0.39 is 0 Å². The lowest BCUT2D eigenvalue weighted by Gasteiger charge is -2.37. The van der Waals surface area contributed by atoms with E-state index in [0.717, 1.165) is 12.8 Å². The van der Waals surface area contributed by atoms with E-state index in [4.69, 9.17) is 4.84 Å². The maximum atomic E-state index is 11.5. The molecule has 0 spiro atoms. The summed E-state index contributed by atoms with van der Waals surface area (Å²) in [7, 11) is 0. The van der Waals surface area contributed by atoms with Crippen LogP contribution >= 0.6 is 0 Å². The molecule has 0 aromatic heterocycles. The number of hydrogen-bond acceptors (Lipinski definition) is 3. The molecule has 0 unspecified atom stereocenters. The number of rotatable bonds is 2. The van der Waals surface area contributed by atoms with Gasteiger partial charge in [0.25, 0.3) is 0 Å². The lowest BCUT2D eigenvalue weighted by molar-refractivity contribution is -0.229. The van der Waals surface area contributed by atoms with Gasteiger partial charge in [0.15, 0.2) is 0 Å². The average Bonchev–Trinajstić information content (AvgIpc) is 2.28. The molecule has 1 saturated heterocycles. The van der Waals surface area contributed by atoms with Gasteiger partial charge < -0.3 is 4.84 Å². The Hall–Kier alpha value is -0.830. The van der Waals surface area contributed by atoms with Crippen LogP contribution in [-0.4, -0.2) is 22.1 Å². The topological polar surface area (TPSA) is 29.5 Å². The molecule has 1 fully saturated rings. The summed E-state index contributed by atoms with van der Waals surface area (Å²) >= 11 is 0. The first-order chi connectivity index (χ1) is 6.67. The van der Waals surface area contributed by atoms with Crippen LogP contribution in [0.2, 0.25) is 0 Å². The van der Waals surface area contributed by atoms with Gasteiger partial charge in [-0.15, -0.1) is 5.06 Å². The van der Waals surface area contributed by atoms with Crippen molar-refractivity contribution in [2.45, 2.75) is 58.5 Å². The van der Waals surface area contributed by atoms with Crippen molar-refractivity contribution in [1.82, 2.24) is 5.06 Å². The number of hydrogen-bond donors (Lipinski definition) is 0. The fourth-order valence-corrected chi connectivity index (χ4v) is 2.04. The third kappa shape index (κ3) is 2.40. The van der Waals surface area contributed by atoms with Crippen LogP contribution in [0.15, 0.2) is 12.2 Å². The van der Waals surface area contributed by atoms with Crippen molar-refractivity contribution in [3.63, 3.8) is 0 Å². The van der Waals surface area contributed by atoms with E-state index in [1.54, 1.807) is 6.92 Å². The van der Waals surface area contributed by atoms with E-state index in [1.165, 1.54) is 0 Å². The summed E-state index contributed by atoms with van der Waals surface area (Å²) in [5, 5.41) is 1.82. The second kappa shape index (κ2) is 3.63. The highest BCUT2D eigenvalue weighted by molar-refractivity contribution is 5.86. The van der Waals surface area contributed by atoms with Crippen molar-refractivity contribution in [2.24, 2.45) is 0 Å². The monoisotopic (exact) mass is 211 g/mol. The fourth-order valence-electron chi connectivity index (χ4n) is 2.04. The molecular formula is C12H21NO2. The first-order valence-corrected chi connectivity index (χ1v) is 5.35. The number of hydroxylamine groups is 2. The van der Waals surface area contributed by atoms with Gasteiger partial charge in [-0.05, 0) is 47.5 Å². The number of carbonyl (C=O) groups is 1. The standard InChI is InChI=1S/C12H21NO2/c1-9(2)10(14)15-13-11(3,4)7-8-12(13,5)6/h1,7-8H2,2-6H3. The average molecular weight is 211 g/mol. The molecule has 1 heterocycles. The van der Waals surface area contributed by atoms with Crippen LogP contribution in [0.1, 0.15) is 47.5 Å². The Morgan fingerprint density at radius 3 is 1.93 bits per heavy atom. The van der Waals surface area contributed by atoms with Crippen molar-refractivity contribution in [3.8, 4) is 0 Å². The number of carbonyl (C=O) groups excluding carboxylic acids is 1. The van der Waals surface area contributed by atoms with Crippen molar-refractivity contribution < 1.29 is 9.63 Å². The quantitative estimate of drug-likeness (QED) is 0.658. The molecular weight excluding hydrogens is 190 g/mol. The molecule has 15 heavy (non-hydrogen) atoms. The molecule has 1 aliphatic rings. The molecule has 0 N–H and O–H groups in total. The molecule has 0 radical (unpaired) electrons. The van der Waals surface area contributed by atoms with Gasteiger partial charge in [-0.2, -0.15) is 0 Å². The van der Waals surface area contributed by atoms with Crippen LogP contribution < -0.4 is 0 Å². The van der Waals surface area contributed by atoms with E-state index in [1.807, 2.05) is 5.06 Å². The Balaban J connectivity index is 2.82. The van der Waals surface area contributed by atoms with Gasteiger partial charge in [0.2, 0.25) is 0 Å². The second-order valence-corrected chi connectivity index (χ2v) is 5.58. The van der Waals surface area contributed by atoms with E-state index >= 15 is 0 Å². The van der Waals surface area contributed by atoms with Crippen molar-refractivity contribution >= 4 is 5.97 Å². The second-order valence-electron chi connectivity index (χ2n) is 5.58. The van der Waals surface area contributed by atoms with Gasteiger partial charge in [0.05, 0.1) is 11.1 Å². The zero-order chi connectivity index (χ0) is 11.9. The summed E-state index contributed by atoms with van der Waals surface area (Å²) in [6.07, 6.45) is 2.06. The summed E-state index contributed by atoms with van der Waals surface area (Å²) in [5.41, 5.74) is 0.261. The normalized spacial score (nSPS) is 23.8. The van der Waals surface area contributed by atoms with Gasteiger partial charge in [-0.1, -0.05) is 6.58 Å². The van der Waals surface area contributed by atoms with E-state index in [0.29, 0.717) is 5.57 Å². The van der Waals surface area contributed by atoms with Crippen LogP contribution in [0.5, 0.6) is 0 Å².